The van der Waals surface area contributed by atoms with Gasteiger partial charge in [0.25, 0.3) is 0 Å². The van der Waals surface area contributed by atoms with Crippen molar-refractivity contribution in [2.45, 2.75) is 4.93 Å². The van der Waals surface area contributed by atoms with Gasteiger partial charge in [0.15, 0.2) is 0 Å². The normalized spacial score (nSPS) is 14.9. The monoisotopic (exact) mass is 198 g/mol. The molecule has 70 valence electrons. The lowest BCUT2D eigenvalue weighted by Crippen LogP contribution is -2.31. The molecular weight excluding hydrogens is 188 g/mol. The van der Waals surface area contributed by atoms with E-state index < -0.39 is 10.9 Å². The highest BCUT2D eigenvalue weighted by Crippen LogP contribution is 2.29. The molecule has 0 spiro atoms. The zero-order valence-corrected chi connectivity index (χ0v) is 7.99. The van der Waals surface area contributed by atoms with Crippen LogP contribution in [0, 0.1) is 0 Å². The van der Waals surface area contributed by atoms with Crippen LogP contribution in [0.3, 0.4) is 0 Å². The minimum atomic E-state index is -1.55. The zero-order valence-electron chi connectivity index (χ0n) is 7.10. The van der Waals surface area contributed by atoms with Crippen LogP contribution in [0.4, 0.5) is 0 Å². The Bertz CT molecular complexity index is 299. The number of benzene rings is 1. The summed E-state index contributed by atoms with van der Waals surface area (Å²) >= 11 is 3.98. The van der Waals surface area contributed by atoms with Crippen LogP contribution in [-0.4, -0.2) is 18.2 Å². The van der Waals surface area contributed by atoms with Crippen LogP contribution >= 0.6 is 12.6 Å². The van der Waals surface area contributed by atoms with Crippen molar-refractivity contribution in [3.05, 3.63) is 35.9 Å². The highest BCUT2D eigenvalue weighted by atomic mass is 32.1. The van der Waals surface area contributed by atoms with Crippen LogP contribution in [-0.2, 0) is 14.5 Å². The molecule has 0 heterocycles. The molecule has 1 aromatic carbocycles. The molecule has 0 aliphatic carbocycles. The van der Waals surface area contributed by atoms with Gasteiger partial charge in [-0.05, 0) is 0 Å². The van der Waals surface area contributed by atoms with Gasteiger partial charge in [0, 0.05) is 12.7 Å². The van der Waals surface area contributed by atoms with Gasteiger partial charge in [-0.25, -0.2) is 4.79 Å². The molecule has 1 unspecified atom stereocenters. The molecule has 4 heteroatoms. The molecule has 1 aromatic rings. The Balaban J connectivity index is 3.11. The summed E-state index contributed by atoms with van der Waals surface area (Å²) in [6, 6.07) is 8.59. The fourth-order valence-electron chi connectivity index (χ4n) is 0.993. The first-order valence-electron chi connectivity index (χ1n) is 3.67. The average Bonchev–Trinajstić information content (AvgIpc) is 2.17. The van der Waals surface area contributed by atoms with E-state index >= 15 is 0 Å². The lowest BCUT2D eigenvalue weighted by Gasteiger charge is -2.21. The number of hydrogen-bond donors (Lipinski definition) is 2. The van der Waals surface area contributed by atoms with E-state index in [4.69, 9.17) is 9.84 Å². The Kier molecular flexibility index (Phi) is 2.95. The standard InChI is InChI=1S/C9H10O3S/c1-12-9(13,8(10)11)7-5-3-2-4-6-7/h2-6,13H,1H3,(H,10,11). The fraction of sp³-hybridized carbons (Fsp3) is 0.222. The maximum Gasteiger partial charge on any atom is 0.351 e. The number of carboxylic acid groups (broad SMARTS) is 1. The molecule has 3 nitrogen and oxygen atoms in total. The van der Waals surface area contributed by atoms with E-state index in [2.05, 4.69) is 12.6 Å². The van der Waals surface area contributed by atoms with Crippen molar-refractivity contribution < 1.29 is 14.6 Å². The molecule has 0 amide bonds. The van der Waals surface area contributed by atoms with Crippen molar-refractivity contribution in [3.8, 4) is 0 Å². The van der Waals surface area contributed by atoms with Crippen LogP contribution in [0.5, 0.6) is 0 Å². The van der Waals surface area contributed by atoms with Gasteiger partial charge in [0.2, 0.25) is 4.93 Å². The van der Waals surface area contributed by atoms with Crippen LogP contribution < -0.4 is 0 Å². The number of hydrogen-bond acceptors (Lipinski definition) is 3. The third-order valence-corrected chi connectivity index (χ3v) is 2.38. The second kappa shape index (κ2) is 3.81. The SMILES string of the molecule is COC(S)(C(=O)O)c1ccccc1. The summed E-state index contributed by atoms with van der Waals surface area (Å²) in [6.07, 6.45) is 0. The van der Waals surface area contributed by atoms with Crippen molar-refractivity contribution in [1.29, 1.82) is 0 Å². The van der Waals surface area contributed by atoms with E-state index in [1.807, 2.05) is 0 Å². The molecule has 0 bridgehead atoms. The van der Waals surface area contributed by atoms with Crippen molar-refractivity contribution in [3.63, 3.8) is 0 Å². The number of ether oxygens (including phenoxy) is 1. The van der Waals surface area contributed by atoms with Gasteiger partial charge in [-0.1, -0.05) is 30.3 Å². The van der Waals surface area contributed by atoms with Gasteiger partial charge in [-0.15, -0.1) is 12.6 Å². The number of rotatable bonds is 3. The summed E-state index contributed by atoms with van der Waals surface area (Å²) in [6.45, 7) is 0. The predicted molar refractivity (Wildman–Crippen MR) is 51.8 cm³/mol. The van der Waals surface area contributed by atoms with Gasteiger partial charge in [-0.2, -0.15) is 0 Å². The van der Waals surface area contributed by atoms with Gasteiger partial charge in [0.05, 0.1) is 0 Å². The number of carboxylic acids is 1. The zero-order chi connectivity index (χ0) is 9.90. The van der Waals surface area contributed by atoms with Crippen LogP contribution in [0.1, 0.15) is 5.56 Å². The Hall–Kier alpha value is -1.00. The quantitative estimate of drug-likeness (QED) is 0.571. The van der Waals surface area contributed by atoms with E-state index in [9.17, 15) is 4.79 Å². The minimum absolute atomic E-state index is 0.508. The summed E-state index contributed by atoms with van der Waals surface area (Å²) in [4.78, 5) is 9.30. The van der Waals surface area contributed by atoms with E-state index in [0.29, 0.717) is 5.56 Å². The maximum atomic E-state index is 10.9. The lowest BCUT2D eigenvalue weighted by molar-refractivity contribution is -0.152. The molecule has 1 rings (SSSR count). The van der Waals surface area contributed by atoms with Crippen molar-refractivity contribution in [2.75, 3.05) is 7.11 Å². The summed E-state index contributed by atoms with van der Waals surface area (Å²) < 4.78 is 4.85. The Morgan fingerprint density at radius 1 is 1.46 bits per heavy atom. The van der Waals surface area contributed by atoms with Gasteiger partial charge >= 0.3 is 5.97 Å². The molecule has 0 radical (unpaired) electrons. The summed E-state index contributed by atoms with van der Waals surface area (Å²) in [5, 5.41) is 8.88. The summed E-state index contributed by atoms with van der Waals surface area (Å²) in [5.41, 5.74) is 0.508. The molecule has 1 N–H and O–H groups in total. The highest BCUT2D eigenvalue weighted by molar-refractivity contribution is 7.82. The Labute approximate surface area is 81.8 Å². The summed E-state index contributed by atoms with van der Waals surface area (Å²) in [5.74, 6) is -1.12. The molecule has 13 heavy (non-hydrogen) atoms. The van der Waals surface area contributed by atoms with Crippen molar-refractivity contribution >= 4 is 18.6 Å². The van der Waals surface area contributed by atoms with E-state index in [0.717, 1.165) is 0 Å². The molecule has 0 fully saturated rings. The van der Waals surface area contributed by atoms with Crippen molar-refractivity contribution in [1.82, 2.24) is 0 Å². The third-order valence-electron chi connectivity index (χ3n) is 1.75. The third kappa shape index (κ3) is 1.84. The smallest absolute Gasteiger partial charge is 0.351 e. The largest absolute Gasteiger partial charge is 0.478 e. The number of carbonyl (C=O) groups is 1. The lowest BCUT2D eigenvalue weighted by atomic mass is 10.1. The molecule has 1 atom stereocenters. The number of methoxy groups -OCH3 is 1. The maximum absolute atomic E-state index is 10.9. The second-order valence-corrected chi connectivity index (χ2v) is 3.15. The van der Waals surface area contributed by atoms with Crippen LogP contribution in [0.2, 0.25) is 0 Å². The molecular formula is C9H10O3S. The molecule has 0 aliphatic rings. The topological polar surface area (TPSA) is 46.5 Å². The first kappa shape index (κ1) is 10.1. The van der Waals surface area contributed by atoms with Gasteiger partial charge in [0.1, 0.15) is 0 Å². The van der Waals surface area contributed by atoms with E-state index in [1.165, 1.54) is 7.11 Å². The minimum Gasteiger partial charge on any atom is -0.478 e. The van der Waals surface area contributed by atoms with E-state index in [1.54, 1.807) is 30.3 Å². The number of aliphatic carboxylic acids is 1. The Morgan fingerprint density at radius 3 is 2.38 bits per heavy atom. The predicted octanol–water partition coefficient (Wildman–Crippen LogP) is 1.50. The molecule has 0 saturated heterocycles. The average molecular weight is 198 g/mol. The molecule has 0 aliphatic heterocycles. The second-order valence-electron chi connectivity index (χ2n) is 2.52. The highest BCUT2D eigenvalue weighted by Gasteiger charge is 2.36. The summed E-state index contributed by atoms with van der Waals surface area (Å²) in [7, 11) is 1.31. The first-order chi connectivity index (χ1) is 6.11. The number of thiol groups is 1. The van der Waals surface area contributed by atoms with Gasteiger partial charge < -0.3 is 9.84 Å². The fourth-order valence-corrected chi connectivity index (χ4v) is 1.14. The van der Waals surface area contributed by atoms with Crippen LogP contribution in [0.25, 0.3) is 0 Å². The Morgan fingerprint density at radius 2 is 2.00 bits per heavy atom. The van der Waals surface area contributed by atoms with Gasteiger partial charge in [-0.3, -0.25) is 0 Å². The van der Waals surface area contributed by atoms with Crippen LogP contribution in [0.15, 0.2) is 30.3 Å². The molecule has 0 aromatic heterocycles. The van der Waals surface area contributed by atoms with Crippen molar-refractivity contribution in [2.24, 2.45) is 0 Å². The van der Waals surface area contributed by atoms with E-state index in [-0.39, 0.29) is 0 Å². The molecule has 0 saturated carbocycles. The first-order valence-corrected chi connectivity index (χ1v) is 4.12.